The fourth-order valence-electron chi connectivity index (χ4n) is 2.58. The van der Waals surface area contributed by atoms with Gasteiger partial charge in [-0.1, -0.05) is 30.3 Å². The highest BCUT2D eigenvalue weighted by Crippen LogP contribution is 2.13. The molecule has 1 fully saturated rings. The third kappa shape index (κ3) is 3.95. The Morgan fingerprint density at radius 3 is 2.42 bits per heavy atom. The van der Waals surface area contributed by atoms with Crippen LogP contribution < -0.4 is 0 Å². The second kappa shape index (κ2) is 7.05. The van der Waals surface area contributed by atoms with Crippen molar-refractivity contribution in [3.8, 4) is 0 Å². The van der Waals surface area contributed by atoms with Crippen molar-refractivity contribution in [2.75, 3.05) is 26.2 Å². The highest BCUT2D eigenvalue weighted by atomic mass is 32.2. The van der Waals surface area contributed by atoms with Crippen LogP contribution in [0.15, 0.2) is 36.7 Å². The number of aromatic nitrogens is 4. The molecule has 0 N–H and O–H groups in total. The molecule has 9 nitrogen and oxygen atoms in total. The van der Waals surface area contributed by atoms with E-state index in [1.807, 2.05) is 18.2 Å². The maximum atomic E-state index is 12.5. The van der Waals surface area contributed by atoms with Gasteiger partial charge in [0.05, 0.1) is 5.75 Å². The molecule has 24 heavy (non-hydrogen) atoms. The minimum atomic E-state index is -3.38. The highest BCUT2D eigenvalue weighted by molar-refractivity contribution is 7.88. The Kier molecular flexibility index (Phi) is 4.86. The highest BCUT2D eigenvalue weighted by Gasteiger charge is 2.29. The molecular weight excluding hydrogens is 332 g/mol. The Balaban J connectivity index is 1.55. The van der Waals surface area contributed by atoms with Crippen LogP contribution in [0.4, 0.5) is 0 Å². The predicted molar refractivity (Wildman–Crippen MR) is 85.0 cm³/mol. The van der Waals surface area contributed by atoms with E-state index in [9.17, 15) is 13.2 Å². The molecule has 1 saturated heterocycles. The van der Waals surface area contributed by atoms with Crippen LogP contribution in [0.1, 0.15) is 5.56 Å². The topological polar surface area (TPSA) is 101 Å². The first-order chi connectivity index (χ1) is 11.5. The van der Waals surface area contributed by atoms with E-state index in [1.54, 1.807) is 17.0 Å². The summed E-state index contributed by atoms with van der Waals surface area (Å²) in [7, 11) is -3.38. The lowest BCUT2D eigenvalue weighted by atomic mass is 10.2. The van der Waals surface area contributed by atoms with Gasteiger partial charge < -0.3 is 4.90 Å². The van der Waals surface area contributed by atoms with E-state index in [2.05, 4.69) is 15.5 Å². The Morgan fingerprint density at radius 2 is 1.79 bits per heavy atom. The lowest BCUT2D eigenvalue weighted by Crippen LogP contribution is -2.51. The molecule has 0 spiro atoms. The van der Waals surface area contributed by atoms with Crippen molar-refractivity contribution >= 4 is 15.9 Å². The minimum Gasteiger partial charge on any atom is -0.338 e. The normalized spacial score (nSPS) is 16.2. The van der Waals surface area contributed by atoms with Gasteiger partial charge in [0.1, 0.15) is 12.9 Å². The van der Waals surface area contributed by atoms with E-state index >= 15 is 0 Å². The number of carbonyl (C=O) groups is 1. The second-order valence-corrected chi connectivity index (χ2v) is 7.50. The fraction of sp³-hybridized carbons (Fsp3) is 0.429. The van der Waals surface area contributed by atoms with Crippen molar-refractivity contribution in [3.05, 3.63) is 42.2 Å². The summed E-state index contributed by atoms with van der Waals surface area (Å²) in [5.41, 5.74) is 0.759. The number of hydrogen-bond donors (Lipinski definition) is 0. The average Bonchev–Trinajstić information content (AvgIpc) is 3.08. The molecule has 1 amide bonds. The molecule has 0 atom stereocenters. The van der Waals surface area contributed by atoms with E-state index < -0.39 is 10.0 Å². The van der Waals surface area contributed by atoms with E-state index in [0.717, 1.165) is 5.56 Å². The summed E-state index contributed by atoms with van der Waals surface area (Å²) in [6.45, 7) is 1.40. The summed E-state index contributed by atoms with van der Waals surface area (Å²) in [6, 6.07) is 9.08. The molecule has 1 aromatic carbocycles. The third-order valence-corrected chi connectivity index (χ3v) is 5.72. The van der Waals surface area contributed by atoms with Crippen molar-refractivity contribution in [1.29, 1.82) is 0 Å². The van der Waals surface area contributed by atoms with Crippen LogP contribution in [0.2, 0.25) is 0 Å². The predicted octanol–water partition coefficient (Wildman–Crippen LogP) is -0.653. The summed E-state index contributed by atoms with van der Waals surface area (Å²) in [4.78, 5) is 13.8. The first-order valence-corrected chi connectivity index (χ1v) is 9.16. The molecule has 128 valence electrons. The van der Waals surface area contributed by atoms with Crippen LogP contribution >= 0.6 is 0 Å². The Hall–Kier alpha value is -2.33. The second-order valence-electron chi connectivity index (χ2n) is 5.53. The van der Waals surface area contributed by atoms with Gasteiger partial charge in [-0.25, -0.2) is 13.1 Å². The van der Waals surface area contributed by atoms with Gasteiger partial charge in [0.15, 0.2) is 0 Å². The molecular formula is C14H18N6O3S. The van der Waals surface area contributed by atoms with Crippen molar-refractivity contribution < 1.29 is 13.2 Å². The largest absolute Gasteiger partial charge is 0.338 e. The number of piperazine rings is 1. The van der Waals surface area contributed by atoms with Gasteiger partial charge in [0.25, 0.3) is 0 Å². The zero-order valence-corrected chi connectivity index (χ0v) is 13.8. The summed E-state index contributed by atoms with van der Waals surface area (Å²) in [5.74, 6) is -0.144. The molecule has 1 aromatic heterocycles. The maximum absolute atomic E-state index is 12.5. The van der Waals surface area contributed by atoms with Crippen molar-refractivity contribution in [3.63, 3.8) is 0 Å². The molecule has 0 aliphatic carbocycles. The first-order valence-electron chi connectivity index (χ1n) is 7.55. The van der Waals surface area contributed by atoms with Gasteiger partial charge in [-0.2, -0.15) is 4.31 Å². The smallest absolute Gasteiger partial charge is 0.244 e. The molecule has 1 aliphatic rings. The lowest BCUT2D eigenvalue weighted by Gasteiger charge is -2.34. The summed E-state index contributed by atoms with van der Waals surface area (Å²) >= 11 is 0. The van der Waals surface area contributed by atoms with Crippen molar-refractivity contribution in [2.45, 2.75) is 12.3 Å². The summed E-state index contributed by atoms with van der Waals surface area (Å²) < 4.78 is 27.8. The van der Waals surface area contributed by atoms with Crippen LogP contribution in [0.25, 0.3) is 0 Å². The van der Waals surface area contributed by atoms with Crippen LogP contribution in [-0.4, -0.2) is 69.9 Å². The average molecular weight is 350 g/mol. The minimum absolute atomic E-state index is 0.0214. The number of carbonyl (C=O) groups excluding carboxylic acids is 1. The zero-order chi connectivity index (χ0) is 17.0. The van der Waals surface area contributed by atoms with Crippen LogP contribution in [0, 0.1) is 0 Å². The Bertz CT molecular complexity index is 770. The summed E-state index contributed by atoms with van der Waals surface area (Å²) in [5, 5.41) is 10.6. The van der Waals surface area contributed by atoms with E-state index in [0.29, 0.717) is 26.2 Å². The number of tetrazole rings is 1. The number of amides is 1. The van der Waals surface area contributed by atoms with Gasteiger partial charge in [-0.3, -0.25) is 4.79 Å². The van der Waals surface area contributed by atoms with Gasteiger partial charge >= 0.3 is 0 Å². The molecule has 0 unspecified atom stereocenters. The van der Waals surface area contributed by atoms with Crippen molar-refractivity contribution in [2.24, 2.45) is 0 Å². The van der Waals surface area contributed by atoms with Crippen molar-refractivity contribution in [1.82, 2.24) is 29.4 Å². The van der Waals surface area contributed by atoms with Crippen LogP contribution in [0.3, 0.4) is 0 Å². The van der Waals surface area contributed by atoms with Crippen LogP contribution in [-0.2, 0) is 27.1 Å². The van der Waals surface area contributed by atoms with Crippen LogP contribution in [0.5, 0.6) is 0 Å². The van der Waals surface area contributed by atoms with E-state index in [1.165, 1.54) is 15.3 Å². The van der Waals surface area contributed by atoms with E-state index in [4.69, 9.17) is 0 Å². The van der Waals surface area contributed by atoms with E-state index in [-0.39, 0.29) is 18.2 Å². The number of rotatable bonds is 5. The molecule has 3 rings (SSSR count). The number of nitrogens with zero attached hydrogens (tertiary/aromatic N) is 6. The maximum Gasteiger partial charge on any atom is 0.244 e. The molecule has 0 bridgehead atoms. The molecule has 1 aliphatic heterocycles. The first kappa shape index (κ1) is 16.5. The Morgan fingerprint density at radius 1 is 1.08 bits per heavy atom. The van der Waals surface area contributed by atoms with Gasteiger partial charge in [0.2, 0.25) is 15.9 Å². The van der Waals surface area contributed by atoms with Gasteiger partial charge in [-0.05, 0) is 16.0 Å². The summed E-state index contributed by atoms with van der Waals surface area (Å²) in [6.07, 6.45) is 1.37. The monoisotopic (exact) mass is 350 g/mol. The number of sulfonamides is 1. The molecule has 10 heteroatoms. The molecule has 0 radical (unpaired) electrons. The third-order valence-electron chi connectivity index (χ3n) is 3.87. The van der Waals surface area contributed by atoms with Gasteiger partial charge in [-0.15, -0.1) is 5.10 Å². The number of hydrogen-bond acceptors (Lipinski definition) is 6. The molecule has 2 heterocycles. The molecule has 0 saturated carbocycles. The zero-order valence-electron chi connectivity index (χ0n) is 13.0. The van der Waals surface area contributed by atoms with Gasteiger partial charge in [0, 0.05) is 26.2 Å². The SMILES string of the molecule is O=C(Cn1cnnn1)N1CCN(S(=O)(=O)Cc2ccccc2)CC1. The number of benzene rings is 1. The molecule has 2 aromatic rings. The Labute approximate surface area is 139 Å². The quantitative estimate of drug-likeness (QED) is 0.710. The standard InChI is InChI=1S/C14H18N6O3S/c21-14(10-19-12-15-16-17-19)18-6-8-20(9-7-18)24(22,23)11-13-4-2-1-3-5-13/h1-5,12H,6-11H2. The lowest BCUT2D eigenvalue weighted by molar-refractivity contribution is -0.133. The fourth-order valence-corrected chi connectivity index (χ4v) is 4.10.